The van der Waals surface area contributed by atoms with Crippen molar-refractivity contribution in [3.8, 4) is 0 Å². The molecule has 0 aromatic rings. The van der Waals surface area contributed by atoms with Crippen molar-refractivity contribution in [2.75, 3.05) is 0 Å². The molecule has 2 nitrogen and oxygen atoms in total. The van der Waals surface area contributed by atoms with Crippen LogP contribution in [0.5, 0.6) is 0 Å². The van der Waals surface area contributed by atoms with Crippen LogP contribution in [0, 0.1) is 0 Å². The van der Waals surface area contributed by atoms with E-state index in [9.17, 15) is 0 Å². The van der Waals surface area contributed by atoms with Crippen LogP contribution in [0.4, 0.5) is 0 Å². The molecule has 1 heterocycles. The van der Waals surface area contributed by atoms with E-state index in [-0.39, 0.29) is 23.6 Å². The van der Waals surface area contributed by atoms with E-state index in [1.165, 1.54) is 70.6 Å². The molecule has 1 aliphatic rings. The fourth-order valence-corrected chi connectivity index (χ4v) is 3.58. The zero-order chi connectivity index (χ0) is 18.3. The lowest BCUT2D eigenvalue weighted by molar-refractivity contribution is 0.00578. The molecule has 1 fully saturated rings. The van der Waals surface area contributed by atoms with E-state index in [1.807, 2.05) is 0 Å². The lowest BCUT2D eigenvalue weighted by atomic mass is 9.54. The molecule has 142 valence electrons. The summed E-state index contributed by atoms with van der Waals surface area (Å²) in [4.78, 5) is 0. The summed E-state index contributed by atoms with van der Waals surface area (Å²) >= 11 is 0. The lowest BCUT2D eigenvalue weighted by Crippen LogP contribution is -2.41. The Labute approximate surface area is 152 Å². The molecule has 0 aromatic heterocycles. The third kappa shape index (κ3) is 6.06. The Balaban J connectivity index is 2.66. The summed E-state index contributed by atoms with van der Waals surface area (Å²) in [5.74, 6) is 0. The molecule has 1 aliphatic heterocycles. The molecule has 0 aliphatic carbocycles. The van der Waals surface area contributed by atoms with Crippen molar-refractivity contribution in [2.24, 2.45) is 0 Å². The van der Waals surface area contributed by atoms with Crippen molar-refractivity contribution in [2.45, 2.75) is 136 Å². The predicted octanol–water partition coefficient (Wildman–Crippen LogP) is 7.17. The Bertz CT molecular complexity index is 338. The Morgan fingerprint density at radius 2 is 1.04 bits per heavy atom. The minimum atomic E-state index is -0.218. The molecule has 0 N–H and O–H groups in total. The van der Waals surface area contributed by atoms with Crippen LogP contribution in [-0.4, -0.2) is 18.3 Å². The molecule has 0 aromatic carbocycles. The van der Waals surface area contributed by atoms with Crippen LogP contribution >= 0.6 is 0 Å². The Morgan fingerprint density at radius 1 is 0.667 bits per heavy atom. The van der Waals surface area contributed by atoms with Gasteiger partial charge in [0.1, 0.15) is 0 Å². The minimum Gasteiger partial charge on any atom is -0.403 e. The molecule has 3 heteroatoms. The summed E-state index contributed by atoms with van der Waals surface area (Å²) in [6.07, 6.45) is 14.4. The van der Waals surface area contributed by atoms with Gasteiger partial charge in [-0.05, 0) is 40.5 Å². The first kappa shape index (κ1) is 22.0. The average molecular weight is 338 g/mol. The lowest BCUT2D eigenvalue weighted by Gasteiger charge is -2.32. The molecule has 0 radical (unpaired) electrons. The summed E-state index contributed by atoms with van der Waals surface area (Å²) in [6, 6.07) is 0. The van der Waals surface area contributed by atoms with Crippen LogP contribution in [0.15, 0.2) is 0 Å². The maximum Gasteiger partial charge on any atom is 0.464 e. The summed E-state index contributed by atoms with van der Waals surface area (Å²) < 4.78 is 12.9. The SMILES string of the molecule is CCCCCCCC(C)(CCCCCC)B1OC(C)(C)C(C)(C)O1. The van der Waals surface area contributed by atoms with Gasteiger partial charge in [0.15, 0.2) is 0 Å². The molecule has 0 spiro atoms. The average Bonchev–Trinajstić information content (AvgIpc) is 2.72. The van der Waals surface area contributed by atoms with Gasteiger partial charge < -0.3 is 9.31 Å². The van der Waals surface area contributed by atoms with Gasteiger partial charge in [-0.2, -0.15) is 0 Å². The van der Waals surface area contributed by atoms with E-state index in [4.69, 9.17) is 9.31 Å². The third-order valence-corrected chi connectivity index (χ3v) is 6.28. The first-order chi connectivity index (χ1) is 11.2. The zero-order valence-corrected chi connectivity index (χ0v) is 17.7. The van der Waals surface area contributed by atoms with Crippen molar-refractivity contribution in [3.05, 3.63) is 0 Å². The summed E-state index contributed by atoms with van der Waals surface area (Å²) in [7, 11) is -0.0599. The van der Waals surface area contributed by atoms with Gasteiger partial charge in [0.05, 0.1) is 11.2 Å². The second-order valence-corrected chi connectivity index (χ2v) is 9.22. The van der Waals surface area contributed by atoms with Crippen molar-refractivity contribution >= 4 is 7.12 Å². The van der Waals surface area contributed by atoms with E-state index in [0.29, 0.717) is 0 Å². The highest BCUT2D eigenvalue weighted by Gasteiger charge is 2.57. The normalized spacial score (nSPS) is 21.9. The Hall–Kier alpha value is -0.0151. The molecule has 24 heavy (non-hydrogen) atoms. The fraction of sp³-hybridized carbons (Fsp3) is 1.00. The van der Waals surface area contributed by atoms with Crippen LogP contribution in [-0.2, 0) is 9.31 Å². The van der Waals surface area contributed by atoms with Crippen molar-refractivity contribution < 1.29 is 9.31 Å². The standard InChI is InChI=1S/C21H43BO2/c1-8-10-12-14-16-18-21(7,17-15-13-11-9-2)22-23-19(3,4)20(5,6)24-22/h8-18H2,1-7H3. The highest BCUT2D eigenvalue weighted by molar-refractivity contribution is 6.49. The Kier molecular flexibility index (Phi) is 8.83. The second-order valence-electron chi connectivity index (χ2n) is 9.22. The first-order valence-corrected chi connectivity index (χ1v) is 10.5. The Morgan fingerprint density at radius 3 is 1.46 bits per heavy atom. The van der Waals surface area contributed by atoms with Crippen LogP contribution in [0.1, 0.15) is 119 Å². The van der Waals surface area contributed by atoms with Crippen molar-refractivity contribution in [1.82, 2.24) is 0 Å². The first-order valence-electron chi connectivity index (χ1n) is 10.5. The second kappa shape index (κ2) is 9.62. The van der Waals surface area contributed by atoms with Gasteiger partial charge in [0.2, 0.25) is 0 Å². The van der Waals surface area contributed by atoms with Crippen LogP contribution in [0.3, 0.4) is 0 Å². The zero-order valence-electron chi connectivity index (χ0n) is 17.7. The number of rotatable bonds is 12. The van der Waals surface area contributed by atoms with Crippen LogP contribution in [0.2, 0.25) is 5.31 Å². The number of unbranched alkanes of at least 4 members (excludes halogenated alkanes) is 7. The monoisotopic (exact) mass is 338 g/mol. The van der Waals surface area contributed by atoms with E-state index in [0.717, 1.165) is 0 Å². The van der Waals surface area contributed by atoms with E-state index >= 15 is 0 Å². The maximum absolute atomic E-state index is 6.44. The van der Waals surface area contributed by atoms with Gasteiger partial charge in [0, 0.05) is 5.31 Å². The molecule has 0 bridgehead atoms. The molecule has 0 amide bonds. The molecular formula is C21H43BO2. The van der Waals surface area contributed by atoms with Gasteiger partial charge in [-0.1, -0.05) is 78.6 Å². The predicted molar refractivity (Wildman–Crippen MR) is 107 cm³/mol. The van der Waals surface area contributed by atoms with Crippen LogP contribution < -0.4 is 0 Å². The molecule has 1 rings (SSSR count). The van der Waals surface area contributed by atoms with E-state index < -0.39 is 0 Å². The summed E-state index contributed by atoms with van der Waals surface area (Å²) in [6.45, 7) is 15.7. The molecular weight excluding hydrogens is 295 g/mol. The van der Waals surface area contributed by atoms with Gasteiger partial charge in [-0.15, -0.1) is 0 Å². The van der Waals surface area contributed by atoms with Crippen molar-refractivity contribution in [3.63, 3.8) is 0 Å². The van der Waals surface area contributed by atoms with Gasteiger partial charge in [-0.25, -0.2) is 0 Å². The topological polar surface area (TPSA) is 18.5 Å². The molecule has 0 saturated carbocycles. The van der Waals surface area contributed by atoms with Crippen molar-refractivity contribution in [1.29, 1.82) is 0 Å². The molecule has 1 saturated heterocycles. The minimum absolute atomic E-state index is 0.0599. The maximum atomic E-state index is 6.44. The smallest absolute Gasteiger partial charge is 0.403 e. The summed E-state index contributed by atoms with van der Waals surface area (Å²) in [5, 5.41) is 0.144. The summed E-state index contributed by atoms with van der Waals surface area (Å²) in [5.41, 5.74) is -0.435. The van der Waals surface area contributed by atoms with Gasteiger partial charge >= 0.3 is 7.12 Å². The van der Waals surface area contributed by atoms with Gasteiger partial charge in [-0.3, -0.25) is 0 Å². The van der Waals surface area contributed by atoms with Crippen LogP contribution in [0.25, 0.3) is 0 Å². The highest BCUT2D eigenvalue weighted by atomic mass is 16.7. The third-order valence-electron chi connectivity index (χ3n) is 6.28. The quantitative estimate of drug-likeness (QED) is 0.277. The fourth-order valence-electron chi connectivity index (χ4n) is 3.58. The highest BCUT2D eigenvalue weighted by Crippen LogP contribution is 2.50. The number of hydrogen-bond donors (Lipinski definition) is 0. The molecule has 1 unspecified atom stereocenters. The largest absolute Gasteiger partial charge is 0.464 e. The molecule has 1 atom stereocenters. The van der Waals surface area contributed by atoms with Gasteiger partial charge in [0.25, 0.3) is 0 Å². The van der Waals surface area contributed by atoms with E-state index in [2.05, 4.69) is 48.5 Å². The van der Waals surface area contributed by atoms with E-state index in [1.54, 1.807) is 0 Å². The number of hydrogen-bond acceptors (Lipinski definition) is 2.